The number of carbonyl (C=O) groups excluding carboxylic acids is 1. The van der Waals surface area contributed by atoms with Crippen LogP contribution in [0.4, 0.5) is 0 Å². The van der Waals surface area contributed by atoms with Gasteiger partial charge in [-0.1, -0.05) is 49.6 Å². The maximum Gasteiger partial charge on any atom is 0.234 e. The summed E-state index contributed by atoms with van der Waals surface area (Å²) in [5, 5.41) is 6.54. The molecule has 1 aromatic rings. The molecule has 0 aliphatic heterocycles. The van der Waals surface area contributed by atoms with Crippen LogP contribution in [-0.4, -0.2) is 24.5 Å². The van der Waals surface area contributed by atoms with Crippen LogP contribution in [0.25, 0.3) is 0 Å². The number of rotatable bonds is 5. The Bertz CT molecular complexity index is 440. The molecule has 20 heavy (non-hydrogen) atoms. The maximum atomic E-state index is 11.9. The fourth-order valence-corrected chi connectivity index (χ4v) is 3.24. The van der Waals surface area contributed by atoms with Crippen LogP contribution < -0.4 is 10.6 Å². The molecule has 0 radical (unpaired) electrons. The van der Waals surface area contributed by atoms with Crippen molar-refractivity contribution in [3.63, 3.8) is 0 Å². The summed E-state index contributed by atoms with van der Waals surface area (Å²) < 4.78 is 0. The van der Waals surface area contributed by atoms with Gasteiger partial charge in [0.2, 0.25) is 5.91 Å². The third kappa shape index (κ3) is 3.60. The van der Waals surface area contributed by atoms with E-state index in [1.165, 1.54) is 24.8 Å². The van der Waals surface area contributed by atoms with Gasteiger partial charge in [0.1, 0.15) is 0 Å². The average molecular weight is 272 g/mol. The van der Waals surface area contributed by atoms with Crippen molar-refractivity contribution in [3.05, 3.63) is 35.9 Å². The van der Waals surface area contributed by atoms with Crippen LogP contribution in [0, 0.1) is 0 Å². The van der Waals surface area contributed by atoms with Gasteiger partial charge >= 0.3 is 0 Å². The van der Waals surface area contributed by atoms with E-state index < -0.39 is 0 Å². The molecule has 0 spiro atoms. The first-order chi connectivity index (χ1) is 9.83. The van der Waals surface area contributed by atoms with E-state index in [1.54, 1.807) is 0 Å². The Labute approximate surface area is 121 Å². The highest BCUT2D eigenvalue weighted by molar-refractivity contribution is 5.78. The fraction of sp³-hybridized carbons (Fsp3) is 0.588. The van der Waals surface area contributed by atoms with Gasteiger partial charge in [-0.25, -0.2) is 0 Å². The van der Waals surface area contributed by atoms with E-state index >= 15 is 0 Å². The highest BCUT2D eigenvalue weighted by atomic mass is 16.2. The van der Waals surface area contributed by atoms with Crippen molar-refractivity contribution in [3.8, 4) is 0 Å². The lowest BCUT2D eigenvalue weighted by atomic mass is 9.95. The van der Waals surface area contributed by atoms with Gasteiger partial charge < -0.3 is 10.6 Å². The summed E-state index contributed by atoms with van der Waals surface area (Å²) in [6, 6.07) is 11.5. The first-order valence-electron chi connectivity index (χ1n) is 7.90. The molecule has 2 aliphatic rings. The Kier molecular flexibility index (Phi) is 4.36. The van der Waals surface area contributed by atoms with E-state index in [1.807, 2.05) is 6.07 Å². The summed E-state index contributed by atoms with van der Waals surface area (Å²) >= 11 is 0. The standard InChI is InChI=1S/C17H24N2O/c20-17(19-14-9-5-2-6-10-14)12-18-16-11-15(16)13-7-3-1-4-8-13/h1,3-4,7-8,14-16,18H,2,5-6,9-12H2,(H,19,20). The molecule has 1 amide bonds. The first kappa shape index (κ1) is 13.6. The summed E-state index contributed by atoms with van der Waals surface area (Å²) in [7, 11) is 0. The highest BCUT2D eigenvalue weighted by Gasteiger charge is 2.37. The molecule has 0 aromatic heterocycles. The normalized spacial score (nSPS) is 26.2. The summed E-state index contributed by atoms with van der Waals surface area (Å²) in [6.45, 7) is 0.463. The van der Waals surface area contributed by atoms with Crippen LogP contribution >= 0.6 is 0 Å². The minimum atomic E-state index is 0.163. The number of benzene rings is 1. The van der Waals surface area contributed by atoms with Crippen LogP contribution in [0.3, 0.4) is 0 Å². The van der Waals surface area contributed by atoms with E-state index in [0.717, 1.165) is 19.3 Å². The molecule has 0 saturated heterocycles. The lowest BCUT2D eigenvalue weighted by molar-refractivity contribution is -0.121. The Morgan fingerprint density at radius 1 is 1.10 bits per heavy atom. The first-order valence-corrected chi connectivity index (χ1v) is 7.90. The van der Waals surface area contributed by atoms with Gasteiger partial charge in [0.05, 0.1) is 6.54 Å². The van der Waals surface area contributed by atoms with Gasteiger partial charge in [-0.05, 0) is 24.8 Å². The van der Waals surface area contributed by atoms with E-state index in [9.17, 15) is 4.79 Å². The van der Waals surface area contributed by atoms with Gasteiger partial charge in [0.15, 0.2) is 0 Å². The number of hydrogen-bond donors (Lipinski definition) is 2. The highest BCUT2D eigenvalue weighted by Crippen LogP contribution is 2.40. The van der Waals surface area contributed by atoms with Crippen molar-refractivity contribution in [2.45, 2.75) is 56.5 Å². The predicted octanol–water partition coefficient (Wildman–Crippen LogP) is 2.58. The average Bonchev–Trinajstić information content (AvgIpc) is 3.27. The van der Waals surface area contributed by atoms with Crippen LogP contribution in [0.1, 0.15) is 50.0 Å². The fourth-order valence-electron chi connectivity index (χ4n) is 3.24. The Balaban J connectivity index is 1.37. The summed E-state index contributed by atoms with van der Waals surface area (Å²) in [6.07, 6.45) is 7.31. The summed E-state index contributed by atoms with van der Waals surface area (Å²) in [5.41, 5.74) is 1.39. The zero-order valence-electron chi connectivity index (χ0n) is 12.0. The Morgan fingerprint density at radius 2 is 1.85 bits per heavy atom. The molecule has 2 atom stereocenters. The van der Waals surface area contributed by atoms with Crippen molar-refractivity contribution in [2.24, 2.45) is 0 Å². The van der Waals surface area contributed by atoms with E-state index in [2.05, 4.69) is 34.9 Å². The van der Waals surface area contributed by atoms with Crippen molar-refractivity contribution in [1.29, 1.82) is 0 Å². The van der Waals surface area contributed by atoms with Gasteiger partial charge in [0, 0.05) is 18.0 Å². The predicted molar refractivity (Wildman–Crippen MR) is 80.6 cm³/mol. The second-order valence-corrected chi connectivity index (χ2v) is 6.14. The SMILES string of the molecule is O=C(CNC1CC1c1ccccc1)NC1CCCCC1. The van der Waals surface area contributed by atoms with Gasteiger partial charge in [0.25, 0.3) is 0 Å². The maximum absolute atomic E-state index is 11.9. The van der Waals surface area contributed by atoms with E-state index in [4.69, 9.17) is 0 Å². The quantitative estimate of drug-likeness (QED) is 0.865. The van der Waals surface area contributed by atoms with E-state index in [0.29, 0.717) is 24.5 Å². The monoisotopic (exact) mass is 272 g/mol. The zero-order valence-corrected chi connectivity index (χ0v) is 12.0. The molecular formula is C17H24N2O. The number of nitrogens with one attached hydrogen (secondary N) is 2. The Morgan fingerprint density at radius 3 is 2.60 bits per heavy atom. The van der Waals surface area contributed by atoms with Gasteiger partial charge in [-0.3, -0.25) is 4.79 Å². The van der Waals surface area contributed by atoms with Crippen molar-refractivity contribution in [2.75, 3.05) is 6.54 Å². The third-order valence-electron chi connectivity index (χ3n) is 4.51. The van der Waals surface area contributed by atoms with Crippen LogP contribution in [0.5, 0.6) is 0 Å². The van der Waals surface area contributed by atoms with Crippen molar-refractivity contribution < 1.29 is 4.79 Å². The molecule has 2 fully saturated rings. The topological polar surface area (TPSA) is 41.1 Å². The lowest BCUT2D eigenvalue weighted by Gasteiger charge is -2.22. The molecule has 0 bridgehead atoms. The van der Waals surface area contributed by atoms with Crippen LogP contribution in [-0.2, 0) is 4.79 Å². The lowest BCUT2D eigenvalue weighted by Crippen LogP contribution is -2.41. The smallest absolute Gasteiger partial charge is 0.234 e. The van der Waals surface area contributed by atoms with Gasteiger partial charge in [-0.2, -0.15) is 0 Å². The summed E-state index contributed by atoms with van der Waals surface area (Å²) in [4.78, 5) is 11.9. The largest absolute Gasteiger partial charge is 0.352 e. The molecular weight excluding hydrogens is 248 g/mol. The molecule has 0 heterocycles. The van der Waals surface area contributed by atoms with Crippen LogP contribution in [0.15, 0.2) is 30.3 Å². The minimum absolute atomic E-state index is 0.163. The molecule has 108 valence electrons. The number of carbonyl (C=O) groups is 1. The third-order valence-corrected chi connectivity index (χ3v) is 4.51. The summed E-state index contributed by atoms with van der Waals surface area (Å²) in [5.74, 6) is 0.759. The Hall–Kier alpha value is -1.35. The molecule has 3 rings (SSSR count). The molecule has 2 N–H and O–H groups in total. The number of hydrogen-bond acceptors (Lipinski definition) is 2. The second-order valence-electron chi connectivity index (χ2n) is 6.14. The molecule has 2 unspecified atom stereocenters. The van der Waals surface area contributed by atoms with Crippen LogP contribution in [0.2, 0.25) is 0 Å². The molecule has 3 nitrogen and oxygen atoms in total. The molecule has 2 aliphatic carbocycles. The minimum Gasteiger partial charge on any atom is -0.352 e. The zero-order chi connectivity index (χ0) is 13.8. The molecule has 1 aromatic carbocycles. The van der Waals surface area contributed by atoms with E-state index in [-0.39, 0.29) is 5.91 Å². The number of amides is 1. The molecule has 3 heteroatoms. The van der Waals surface area contributed by atoms with Gasteiger partial charge in [-0.15, -0.1) is 0 Å². The van der Waals surface area contributed by atoms with Crippen molar-refractivity contribution in [1.82, 2.24) is 10.6 Å². The second kappa shape index (κ2) is 6.40. The molecule has 2 saturated carbocycles. The van der Waals surface area contributed by atoms with Crippen molar-refractivity contribution >= 4 is 5.91 Å².